The number of aromatic nitrogens is 7. The third kappa shape index (κ3) is 2.99. The van der Waals surface area contributed by atoms with Gasteiger partial charge in [-0.2, -0.15) is 5.10 Å². The molecular formula is C19H20ClN7O. The van der Waals surface area contributed by atoms with Gasteiger partial charge in [-0.05, 0) is 31.5 Å². The molecule has 9 heteroatoms. The van der Waals surface area contributed by atoms with Gasteiger partial charge in [0, 0.05) is 11.5 Å². The standard InChI is InChI=1S/C19H20ClN7O/c1-5-11(2)18-23-12(3)16-19(26-10-21-9-22-26)24-17(25-27(16)18)13-6-7-15(28-4)14(20)8-13/h6-11H,5H2,1-4H3. The number of methoxy groups -OCH3 is 1. The lowest BCUT2D eigenvalue weighted by atomic mass is 10.1. The minimum Gasteiger partial charge on any atom is -0.495 e. The largest absolute Gasteiger partial charge is 0.495 e. The zero-order valence-corrected chi connectivity index (χ0v) is 16.8. The molecule has 1 atom stereocenters. The first-order chi connectivity index (χ1) is 13.5. The predicted molar refractivity (Wildman–Crippen MR) is 106 cm³/mol. The van der Waals surface area contributed by atoms with Crippen molar-refractivity contribution in [2.45, 2.75) is 33.1 Å². The van der Waals surface area contributed by atoms with Crippen molar-refractivity contribution in [3.63, 3.8) is 0 Å². The number of imidazole rings is 1. The first-order valence-electron chi connectivity index (χ1n) is 8.99. The molecule has 0 bridgehead atoms. The van der Waals surface area contributed by atoms with Gasteiger partial charge in [0.2, 0.25) is 0 Å². The second-order valence-corrected chi connectivity index (χ2v) is 6.98. The van der Waals surface area contributed by atoms with E-state index >= 15 is 0 Å². The summed E-state index contributed by atoms with van der Waals surface area (Å²) < 4.78 is 8.73. The Labute approximate surface area is 167 Å². The van der Waals surface area contributed by atoms with E-state index in [4.69, 9.17) is 31.4 Å². The van der Waals surface area contributed by atoms with Crippen molar-refractivity contribution in [3.8, 4) is 23.0 Å². The zero-order valence-electron chi connectivity index (χ0n) is 16.1. The number of nitrogens with zero attached hydrogens (tertiary/aromatic N) is 7. The maximum atomic E-state index is 6.32. The summed E-state index contributed by atoms with van der Waals surface area (Å²) in [5, 5.41) is 9.54. The SMILES string of the molecule is CCC(C)c1nc(C)c2c(-n3cncn3)nc(-c3ccc(OC)c(Cl)c3)nn12. The van der Waals surface area contributed by atoms with Crippen LogP contribution in [0.4, 0.5) is 0 Å². The first kappa shape index (κ1) is 18.4. The Morgan fingerprint density at radius 1 is 1.25 bits per heavy atom. The molecule has 0 saturated heterocycles. The van der Waals surface area contributed by atoms with Crippen LogP contribution < -0.4 is 4.74 Å². The molecule has 0 N–H and O–H groups in total. The lowest BCUT2D eigenvalue weighted by Gasteiger charge is -2.11. The van der Waals surface area contributed by atoms with Gasteiger partial charge in [0.1, 0.15) is 29.7 Å². The average Bonchev–Trinajstić information content (AvgIpc) is 3.35. The Morgan fingerprint density at radius 2 is 2.07 bits per heavy atom. The van der Waals surface area contributed by atoms with Crippen molar-refractivity contribution >= 4 is 17.1 Å². The van der Waals surface area contributed by atoms with E-state index in [9.17, 15) is 0 Å². The number of ether oxygens (including phenoxy) is 1. The number of hydrogen-bond donors (Lipinski definition) is 0. The lowest BCUT2D eigenvalue weighted by Crippen LogP contribution is -2.10. The van der Waals surface area contributed by atoms with Crippen molar-refractivity contribution in [2.75, 3.05) is 7.11 Å². The molecular weight excluding hydrogens is 378 g/mol. The number of halogens is 1. The highest BCUT2D eigenvalue weighted by molar-refractivity contribution is 6.32. The van der Waals surface area contributed by atoms with Crippen LogP contribution in [-0.4, -0.2) is 41.5 Å². The maximum absolute atomic E-state index is 6.32. The molecule has 4 rings (SSSR count). The fraction of sp³-hybridized carbons (Fsp3) is 0.316. The van der Waals surface area contributed by atoms with E-state index in [1.807, 2.05) is 17.5 Å². The van der Waals surface area contributed by atoms with Crippen LogP contribution in [0.25, 0.3) is 22.7 Å². The summed E-state index contributed by atoms with van der Waals surface area (Å²) in [6.07, 6.45) is 4.04. The molecule has 1 aromatic carbocycles. The molecule has 0 aliphatic rings. The molecule has 0 amide bonds. The summed E-state index contributed by atoms with van der Waals surface area (Å²) in [5.41, 5.74) is 2.43. The van der Waals surface area contributed by atoms with Gasteiger partial charge >= 0.3 is 0 Å². The van der Waals surface area contributed by atoms with Crippen molar-refractivity contribution in [1.29, 1.82) is 0 Å². The van der Waals surface area contributed by atoms with Gasteiger partial charge in [-0.15, -0.1) is 5.10 Å². The molecule has 3 aromatic heterocycles. The summed E-state index contributed by atoms with van der Waals surface area (Å²) >= 11 is 6.32. The van der Waals surface area contributed by atoms with E-state index in [1.165, 1.54) is 6.33 Å². The molecule has 0 aliphatic heterocycles. The van der Waals surface area contributed by atoms with E-state index in [0.717, 1.165) is 29.0 Å². The lowest BCUT2D eigenvalue weighted by molar-refractivity contribution is 0.415. The first-order valence-corrected chi connectivity index (χ1v) is 9.37. The van der Waals surface area contributed by atoms with E-state index < -0.39 is 0 Å². The Morgan fingerprint density at radius 3 is 2.71 bits per heavy atom. The Balaban J connectivity index is 2.01. The molecule has 0 aliphatic carbocycles. The van der Waals surface area contributed by atoms with Gasteiger partial charge in [-0.3, -0.25) is 0 Å². The van der Waals surface area contributed by atoms with Gasteiger partial charge < -0.3 is 4.74 Å². The topological polar surface area (TPSA) is 83.0 Å². The molecule has 3 heterocycles. The number of hydrogen-bond acceptors (Lipinski definition) is 6. The van der Waals surface area contributed by atoms with Crippen LogP contribution in [0.2, 0.25) is 5.02 Å². The van der Waals surface area contributed by atoms with Crippen LogP contribution in [-0.2, 0) is 0 Å². The second kappa shape index (κ2) is 7.20. The van der Waals surface area contributed by atoms with Crippen LogP contribution >= 0.6 is 11.6 Å². The maximum Gasteiger partial charge on any atom is 0.185 e. The van der Waals surface area contributed by atoms with Crippen LogP contribution in [0.1, 0.15) is 37.7 Å². The molecule has 0 radical (unpaired) electrons. The Hall–Kier alpha value is -3.00. The number of rotatable bonds is 5. The van der Waals surface area contributed by atoms with E-state index in [0.29, 0.717) is 22.4 Å². The van der Waals surface area contributed by atoms with Crippen molar-refractivity contribution in [2.24, 2.45) is 0 Å². The molecule has 0 fully saturated rings. The average molecular weight is 398 g/mol. The van der Waals surface area contributed by atoms with Crippen molar-refractivity contribution < 1.29 is 4.74 Å². The summed E-state index contributed by atoms with van der Waals surface area (Å²) in [4.78, 5) is 13.6. The minimum absolute atomic E-state index is 0.243. The second-order valence-electron chi connectivity index (χ2n) is 6.57. The molecule has 28 heavy (non-hydrogen) atoms. The fourth-order valence-corrected chi connectivity index (χ4v) is 3.33. The smallest absolute Gasteiger partial charge is 0.185 e. The molecule has 0 spiro atoms. The number of fused-ring (bicyclic) bond motifs is 1. The third-order valence-corrected chi connectivity index (χ3v) is 5.07. The van der Waals surface area contributed by atoms with Crippen molar-refractivity contribution in [3.05, 3.63) is 47.4 Å². The highest BCUT2D eigenvalue weighted by atomic mass is 35.5. The van der Waals surface area contributed by atoms with Gasteiger partial charge in [-0.1, -0.05) is 25.4 Å². The van der Waals surface area contributed by atoms with Crippen LogP contribution in [0.3, 0.4) is 0 Å². The summed E-state index contributed by atoms with van der Waals surface area (Å²) in [6.45, 7) is 6.22. The van der Waals surface area contributed by atoms with Crippen LogP contribution in [0, 0.1) is 6.92 Å². The highest BCUT2D eigenvalue weighted by Gasteiger charge is 2.21. The van der Waals surface area contributed by atoms with E-state index in [2.05, 4.69) is 23.9 Å². The number of benzene rings is 1. The quantitative estimate of drug-likeness (QED) is 0.508. The van der Waals surface area contributed by atoms with Crippen LogP contribution in [0.5, 0.6) is 5.75 Å². The van der Waals surface area contributed by atoms with Gasteiger partial charge in [0.15, 0.2) is 11.6 Å². The fourth-order valence-electron chi connectivity index (χ4n) is 3.07. The molecule has 1 unspecified atom stereocenters. The van der Waals surface area contributed by atoms with Gasteiger partial charge in [0.25, 0.3) is 0 Å². The Kier molecular flexibility index (Phi) is 4.72. The summed E-state index contributed by atoms with van der Waals surface area (Å²) in [5.74, 6) is 2.87. The highest BCUT2D eigenvalue weighted by Crippen LogP contribution is 2.31. The zero-order chi connectivity index (χ0) is 19.8. The minimum atomic E-state index is 0.243. The van der Waals surface area contributed by atoms with Gasteiger partial charge in [-0.25, -0.2) is 24.1 Å². The van der Waals surface area contributed by atoms with E-state index in [1.54, 1.807) is 30.3 Å². The van der Waals surface area contributed by atoms with Crippen molar-refractivity contribution in [1.82, 2.24) is 34.3 Å². The summed E-state index contributed by atoms with van der Waals surface area (Å²) in [7, 11) is 1.58. The monoisotopic (exact) mass is 397 g/mol. The normalized spacial score (nSPS) is 12.5. The van der Waals surface area contributed by atoms with Crippen LogP contribution in [0.15, 0.2) is 30.9 Å². The molecule has 144 valence electrons. The number of aryl methyl sites for hydroxylation is 1. The summed E-state index contributed by atoms with van der Waals surface area (Å²) in [6, 6.07) is 5.47. The van der Waals surface area contributed by atoms with E-state index in [-0.39, 0.29) is 5.92 Å². The van der Waals surface area contributed by atoms with Gasteiger partial charge in [0.05, 0.1) is 17.8 Å². The molecule has 0 saturated carbocycles. The molecule has 8 nitrogen and oxygen atoms in total. The predicted octanol–water partition coefficient (Wildman–Crippen LogP) is 3.86. The Bertz CT molecular complexity index is 1140. The third-order valence-electron chi connectivity index (χ3n) is 4.77. The molecule has 4 aromatic rings.